The van der Waals surface area contributed by atoms with Crippen LogP contribution in [0.2, 0.25) is 0 Å². The van der Waals surface area contributed by atoms with E-state index in [-0.39, 0.29) is 5.75 Å². The Labute approximate surface area is 177 Å². The van der Waals surface area contributed by atoms with E-state index < -0.39 is 5.91 Å². The third-order valence-corrected chi connectivity index (χ3v) is 5.21. The number of hydrogen-bond acceptors (Lipinski definition) is 5. The topological polar surface area (TPSA) is 112 Å². The zero-order valence-corrected chi connectivity index (χ0v) is 16.6. The highest BCUT2D eigenvalue weighted by molar-refractivity contribution is 5.94. The number of amides is 1. The molecule has 0 aliphatic rings. The number of rotatable bonds is 4. The SMILES string of the molecule is Cc1nccn1-c1ccc(-c2ncc3ncn(-c4cccc(C(N)=O)c4)c3c2O)cc1. The Kier molecular flexibility index (Phi) is 4.25. The van der Waals surface area contributed by atoms with Crippen LogP contribution in [0.3, 0.4) is 0 Å². The second-order valence-electron chi connectivity index (χ2n) is 7.11. The van der Waals surface area contributed by atoms with Crippen molar-refractivity contribution in [3.8, 4) is 28.4 Å². The van der Waals surface area contributed by atoms with E-state index in [0.29, 0.717) is 28.0 Å². The van der Waals surface area contributed by atoms with E-state index >= 15 is 0 Å². The monoisotopic (exact) mass is 410 g/mol. The number of nitrogens with two attached hydrogens (primary N) is 1. The van der Waals surface area contributed by atoms with Gasteiger partial charge in [-0.15, -0.1) is 0 Å². The van der Waals surface area contributed by atoms with Gasteiger partial charge in [0.05, 0.1) is 6.20 Å². The van der Waals surface area contributed by atoms with Crippen molar-refractivity contribution in [2.24, 2.45) is 5.73 Å². The summed E-state index contributed by atoms with van der Waals surface area (Å²) in [6, 6.07) is 14.5. The van der Waals surface area contributed by atoms with Crippen molar-refractivity contribution in [2.75, 3.05) is 0 Å². The quantitative estimate of drug-likeness (QED) is 0.472. The van der Waals surface area contributed by atoms with Gasteiger partial charge in [-0.25, -0.2) is 15.0 Å². The average molecular weight is 410 g/mol. The first-order valence-corrected chi connectivity index (χ1v) is 9.59. The Bertz CT molecular complexity index is 1430. The van der Waals surface area contributed by atoms with Crippen molar-refractivity contribution in [1.29, 1.82) is 0 Å². The van der Waals surface area contributed by atoms with Crippen molar-refractivity contribution >= 4 is 16.9 Å². The number of carbonyl (C=O) groups excluding carboxylic acids is 1. The molecule has 3 aromatic heterocycles. The number of benzene rings is 2. The van der Waals surface area contributed by atoms with Gasteiger partial charge in [-0.3, -0.25) is 9.36 Å². The molecule has 0 atom stereocenters. The van der Waals surface area contributed by atoms with Gasteiger partial charge in [0, 0.05) is 34.9 Å². The van der Waals surface area contributed by atoms with Gasteiger partial charge in [0.2, 0.25) is 5.91 Å². The van der Waals surface area contributed by atoms with Crippen molar-refractivity contribution in [1.82, 2.24) is 24.1 Å². The highest BCUT2D eigenvalue weighted by Gasteiger charge is 2.16. The molecule has 0 spiro atoms. The predicted octanol–water partition coefficient (Wildman–Crippen LogP) is 3.39. The van der Waals surface area contributed by atoms with Crippen molar-refractivity contribution < 1.29 is 9.90 Å². The molecule has 3 N–H and O–H groups in total. The summed E-state index contributed by atoms with van der Waals surface area (Å²) in [5, 5.41) is 11.1. The molecule has 152 valence electrons. The molecule has 0 aliphatic heterocycles. The van der Waals surface area contributed by atoms with Crippen LogP contribution in [0.15, 0.2) is 73.4 Å². The van der Waals surface area contributed by atoms with E-state index in [2.05, 4.69) is 15.0 Å². The normalized spacial score (nSPS) is 11.1. The number of aryl methyl sites for hydroxylation is 1. The number of carbonyl (C=O) groups is 1. The molecule has 3 heterocycles. The summed E-state index contributed by atoms with van der Waals surface area (Å²) in [6.45, 7) is 1.93. The summed E-state index contributed by atoms with van der Waals surface area (Å²) >= 11 is 0. The summed E-state index contributed by atoms with van der Waals surface area (Å²) in [7, 11) is 0. The van der Waals surface area contributed by atoms with E-state index in [1.807, 2.05) is 48.0 Å². The van der Waals surface area contributed by atoms with Crippen molar-refractivity contribution in [2.45, 2.75) is 6.92 Å². The molecule has 0 saturated carbocycles. The largest absolute Gasteiger partial charge is 0.504 e. The molecule has 0 saturated heterocycles. The Morgan fingerprint density at radius 1 is 1.00 bits per heavy atom. The summed E-state index contributed by atoms with van der Waals surface area (Å²) < 4.78 is 3.69. The molecule has 2 aromatic carbocycles. The standard InChI is InChI=1S/C23H18N6O2/c1-14-25-9-10-28(14)17-7-5-15(6-8-17)20-22(30)21-19(12-26-20)27-13-29(21)18-4-2-3-16(11-18)23(24)31/h2-13,30H,1H3,(H2,24,31). The van der Waals surface area contributed by atoms with Gasteiger partial charge in [0.25, 0.3) is 0 Å². The fraction of sp³-hybridized carbons (Fsp3) is 0.0435. The molecule has 0 aliphatic carbocycles. The van der Waals surface area contributed by atoms with E-state index in [9.17, 15) is 9.90 Å². The lowest BCUT2D eigenvalue weighted by atomic mass is 10.1. The minimum Gasteiger partial charge on any atom is -0.504 e. The van der Waals surface area contributed by atoms with E-state index in [0.717, 1.165) is 17.1 Å². The first-order valence-electron chi connectivity index (χ1n) is 9.59. The lowest BCUT2D eigenvalue weighted by molar-refractivity contribution is 0.1000. The maximum atomic E-state index is 11.6. The van der Waals surface area contributed by atoms with Gasteiger partial charge in [0.1, 0.15) is 28.9 Å². The molecular formula is C23H18N6O2. The second-order valence-corrected chi connectivity index (χ2v) is 7.11. The van der Waals surface area contributed by atoms with Crippen molar-refractivity contribution in [3.05, 3.63) is 84.8 Å². The van der Waals surface area contributed by atoms with Crippen LogP contribution < -0.4 is 5.73 Å². The molecule has 1 amide bonds. The maximum Gasteiger partial charge on any atom is 0.248 e. The number of aromatic hydroxyl groups is 1. The number of nitrogens with zero attached hydrogens (tertiary/aromatic N) is 5. The molecule has 8 nitrogen and oxygen atoms in total. The molecule has 5 rings (SSSR count). The second kappa shape index (κ2) is 7.10. The Morgan fingerprint density at radius 3 is 2.52 bits per heavy atom. The minimum atomic E-state index is -0.522. The Morgan fingerprint density at radius 2 is 1.81 bits per heavy atom. The van der Waals surface area contributed by atoms with E-state index in [1.54, 1.807) is 41.5 Å². The number of hydrogen-bond donors (Lipinski definition) is 2. The van der Waals surface area contributed by atoms with Gasteiger partial charge >= 0.3 is 0 Å². The maximum absolute atomic E-state index is 11.6. The van der Waals surface area contributed by atoms with Crippen LogP contribution in [0.25, 0.3) is 33.7 Å². The van der Waals surface area contributed by atoms with Crippen LogP contribution in [0.1, 0.15) is 16.2 Å². The first-order chi connectivity index (χ1) is 15.0. The highest BCUT2D eigenvalue weighted by atomic mass is 16.3. The number of fused-ring (bicyclic) bond motifs is 1. The third kappa shape index (κ3) is 3.10. The summed E-state index contributed by atoms with van der Waals surface area (Å²) in [4.78, 5) is 24.6. The van der Waals surface area contributed by atoms with Crippen LogP contribution >= 0.6 is 0 Å². The Balaban J connectivity index is 1.61. The molecule has 0 bridgehead atoms. The lowest BCUT2D eigenvalue weighted by Gasteiger charge is -2.10. The fourth-order valence-electron chi connectivity index (χ4n) is 3.64. The van der Waals surface area contributed by atoms with Gasteiger partial charge < -0.3 is 15.4 Å². The van der Waals surface area contributed by atoms with Crippen molar-refractivity contribution in [3.63, 3.8) is 0 Å². The fourth-order valence-corrected chi connectivity index (χ4v) is 3.64. The zero-order chi connectivity index (χ0) is 21.5. The molecule has 8 heteroatoms. The van der Waals surface area contributed by atoms with Crippen LogP contribution in [0, 0.1) is 6.92 Å². The van der Waals surface area contributed by atoms with Gasteiger partial charge in [-0.2, -0.15) is 0 Å². The summed E-state index contributed by atoms with van der Waals surface area (Å²) in [5.41, 5.74) is 9.65. The van der Waals surface area contributed by atoms with E-state index in [1.165, 1.54) is 0 Å². The summed E-state index contributed by atoms with van der Waals surface area (Å²) in [5.74, 6) is 0.370. The first kappa shape index (κ1) is 18.6. The molecule has 31 heavy (non-hydrogen) atoms. The van der Waals surface area contributed by atoms with Crippen LogP contribution in [0.4, 0.5) is 0 Å². The van der Waals surface area contributed by atoms with Crippen LogP contribution in [-0.2, 0) is 0 Å². The van der Waals surface area contributed by atoms with Gasteiger partial charge in [-0.05, 0) is 37.3 Å². The smallest absolute Gasteiger partial charge is 0.248 e. The van der Waals surface area contributed by atoms with Gasteiger partial charge in [-0.1, -0.05) is 18.2 Å². The summed E-state index contributed by atoms with van der Waals surface area (Å²) in [6.07, 6.45) is 6.84. The third-order valence-electron chi connectivity index (χ3n) is 5.21. The number of pyridine rings is 1. The zero-order valence-electron chi connectivity index (χ0n) is 16.6. The molecule has 0 unspecified atom stereocenters. The average Bonchev–Trinajstić information content (AvgIpc) is 3.41. The van der Waals surface area contributed by atoms with Crippen LogP contribution in [0.5, 0.6) is 5.75 Å². The lowest BCUT2D eigenvalue weighted by Crippen LogP contribution is -2.11. The molecule has 5 aromatic rings. The molecule has 0 fully saturated rings. The van der Waals surface area contributed by atoms with Gasteiger partial charge in [0.15, 0.2) is 5.75 Å². The highest BCUT2D eigenvalue weighted by Crippen LogP contribution is 2.35. The number of imidazole rings is 2. The predicted molar refractivity (Wildman–Crippen MR) is 116 cm³/mol. The minimum absolute atomic E-state index is 0.00559. The number of primary amides is 1. The van der Waals surface area contributed by atoms with Crippen LogP contribution in [-0.4, -0.2) is 35.1 Å². The molecular weight excluding hydrogens is 392 g/mol. The molecule has 0 radical (unpaired) electrons. The number of aromatic nitrogens is 5. The Hall–Kier alpha value is -4.46. The van der Waals surface area contributed by atoms with E-state index in [4.69, 9.17) is 5.73 Å².